The van der Waals surface area contributed by atoms with E-state index in [1.807, 2.05) is 12.3 Å². The summed E-state index contributed by atoms with van der Waals surface area (Å²) in [5, 5.41) is 0. The summed E-state index contributed by atoms with van der Waals surface area (Å²) in [4.78, 5) is 4.03. The quantitative estimate of drug-likeness (QED) is 0.598. The molecule has 0 saturated carbocycles. The molecule has 0 aliphatic carbocycles. The van der Waals surface area contributed by atoms with E-state index in [1.54, 1.807) is 6.20 Å². The second kappa shape index (κ2) is 4.89. The van der Waals surface area contributed by atoms with Crippen LogP contribution in [0.3, 0.4) is 0 Å². The molecule has 1 heterocycles. The van der Waals surface area contributed by atoms with Gasteiger partial charge in [-0.1, -0.05) is 19.8 Å². The second-order valence-electron chi connectivity index (χ2n) is 2.72. The molecule has 0 spiro atoms. The summed E-state index contributed by atoms with van der Waals surface area (Å²) in [5.41, 5.74) is 1.24. The molecule has 1 aromatic heterocycles. The van der Waals surface area contributed by atoms with Crippen molar-refractivity contribution in [1.82, 2.24) is 4.98 Å². The normalized spacial score (nSPS) is 9.91. The molecule has 0 amide bonds. The molecular weight excluding hydrogens is 134 g/mol. The van der Waals surface area contributed by atoms with Gasteiger partial charge in [0, 0.05) is 12.4 Å². The van der Waals surface area contributed by atoms with Crippen LogP contribution in [-0.2, 0) is 6.42 Å². The van der Waals surface area contributed by atoms with Crippen molar-refractivity contribution in [2.45, 2.75) is 32.6 Å². The topological polar surface area (TPSA) is 12.9 Å². The first-order chi connectivity index (χ1) is 5.43. The van der Waals surface area contributed by atoms with Gasteiger partial charge in [0.15, 0.2) is 0 Å². The van der Waals surface area contributed by atoms with E-state index in [1.165, 1.54) is 24.8 Å². The Balaban J connectivity index is 2.28. The van der Waals surface area contributed by atoms with Gasteiger partial charge >= 0.3 is 0 Å². The van der Waals surface area contributed by atoms with E-state index < -0.39 is 0 Å². The fourth-order valence-corrected chi connectivity index (χ4v) is 1.06. The number of pyridine rings is 1. The van der Waals surface area contributed by atoms with E-state index in [0.29, 0.717) is 0 Å². The molecule has 0 bridgehead atoms. The van der Waals surface area contributed by atoms with Crippen LogP contribution in [0.25, 0.3) is 0 Å². The molecule has 0 fully saturated rings. The second-order valence-corrected chi connectivity index (χ2v) is 2.72. The van der Waals surface area contributed by atoms with Crippen LogP contribution < -0.4 is 0 Å². The Bertz CT molecular complexity index is 181. The average molecular weight is 148 g/mol. The third kappa shape index (κ3) is 3.17. The summed E-state index contributed by atoms with van der Waals surface area (Å²) in [6.45, 7) is 2.22. The van der Waals surface area contributed by atoms with E-state index in [4.69, 9.17) is 0 Å². The zero-order chi connectivity index (χ0) is 7.94. The third-order valence-electron chi connectivity index (χ3n) is 1.71. The average Bonchev–Trinajstić information content (AvgIpc) is 2.07. The molecule has 1 radical (unpaired) electrons. The Morgan fingerprint density at radius 1 is 1.45 bits per heavy atom. The largest absolute Gasteiger partial charge is 0.264 e. The summed E-state index contributed by atoms with van der Waals surface area (Å²) in [6, 6.07) is 5.04. The van der Waals surface area contributed by atoms with Gasteiger partial charge in [0.25, 0.3) is 0 Å². The lowest BCUT2D eigenvalue weighted by Gasteiger charge is -1.97. The first kappa shape index (κ1) is 8.25. The highest BCUT2D eigenvalue weighted by Gasteiger charge is 1.90. The van der Waals surface area contributed by atoms with Crippen molar-refractivity contribution in [2.24, 2.45) is 0 Å². The fraction of sp³-hybridized carbons (Fsp3) is 0.500. The van der Waals surface area contributed by atoms with Gasteiger partial charge in [0.1, 0.15) is 0 Å². The van der Waals surface area contributed by atoms with Crippen molar-refractivity contribution in [3.8, 4) is 0 Å². The van der Waals surface area contributed by atoms with Crippen molar-refractivity contribution in [2.75, 3.05) is 0 Å². The minimum absolute atomic E-state index is 1.13. The maximum Gasteiger partial charge on any atom is 0.0306 e. The van der Waals surface area contributed by atoms with Crippen LogP contribution >= 0.6 is 0 Å². The van der Waals surface area contributed by atoms with Gasteiger partial charge < -0.3 is 0 Å². The molecule has 0 aliphatic rings. The maximum absolute atomic E-state index is 4.03. The number of rotatable bonds is 4. The van der Waals surface area contributed by atoms with Crippen molar-refractivity contribution >= 4 is 0 Å². The van der Waals surface area contributed by atoms with Crippen LogP contribution in [0.1, 0.15) is 31.7 Å². The first-order valence-corrected chi connectivity index (χ1v) is 4.24. The molecular formula is C10H14N. The minimum Gasteiger partial charge on any atom is -0.264 e. The van der Waals surface area contributed by atoms with Gasteiger partial charge in [-0.05, 0) is 30.5 Å². The Morgan fingerprint density at radius 2 is 2.36 bits per heavy atom. The standard InChI is InChI=1S/C10H14N/c1-2-3-4-6-10-7-5-8-11-9-10/h5,8-9H,2-4,6H2,1H3. The first-order valence-electron chi connectivity index (χ1n) is 4.24. The fourth-order valence-electron chi connectivity index (χ4n) is 1.06. The van der Waals surface area contributed by atoms with E-state index in [-0.39, 0.29) is 0 Å². The molecule has 0 aromatic carbocycles. The molecule has 0 saturated heterocycles. The van der Waals surface area contributed by atoms with E-state index in [2.05, 4.69) is 18.0 Å². The molecule has 0 aliphatic heterocycles. The van der Waals surface area contributed by atoms with E-state index in [0.717, 1.165) is 6.42 Å². The van der Waals surface area contributed by atoms with Crippen LogP contribution in [-0.4, -0.2) is 4.98 Å². The zero-order valence-corrected chi connectivity index (χ0v) is 7.01. The number of aryl methyl sites for hydroxylation is 1. The van der Waals surface area contributed by atoms with Crippen LogP contribution in [0.2, 0.25) is 0 Å². The van der Waals surface area contributed by atoms with Crippen molar-refractivity contribution in [3.05, 3.63) is 30.1 Å². The summed E-state index contributed by atoms with van der Waals surface area (Å²) < 4.78 is 0. The van der Waals surface area contributed by atoms with Gasteiger partial charge in [-0.25, -0.2) is 0 Å². The van der Waals surface area contributed by atoms with Gasteiger partial charge in [-0.3, -0.25) is 4.98 Å². The molecule has 1 heteroatoms. The molecule has 0 unspecified atom stereocenters. The Hall–Kier alpha value is -0.850. The van der Waals surface area contributed by atoms with E-state index in [9.17, 15) is 0 Å². The molecule has 59 valence electrons. The van der Waals surface area contributed by atoms with E-state index >= 15 is 0 Å². The van der Waals surface area contributed by atoms with Gasteiger partial charge in [0.05, 0.1) is 0 Å². The summed E-state index contributed by atoms with van der Waals surface area (Å²) in [5.74, 6) is 0. The summed E-state index contributed by atoms with van der Waals surface area (Å²) in [6.07, 6.45) is 8.64. The van der Waals surface area contributed by atoms with Gasteiger partial charge in [0.2, 0.25) is 0 Å². The summed E-state index contributed by atoms with van der Waals surface area (Å²) >= 11 is 0. The Kier molecular flexibility index (Phi) is 3.67. The monoisotopic (exact) mass is 148 g/mol. The number of aromatic nitrogens is 1. The Morgan fingerprint density at radius 3 is 3.00 bits per heavy atom. The summed E-state index contributed by atoms with van der Waals surface area (Å²) in [7, 11) is 0. The third-order valence-corrected chi connectivity index (χ3v) is 1.71. The molecule has 1 aromatic rings. The zero-order valence-electron chi connectivity index (χ0n) is 7.01. The van der Waals surface area contributed by atoms with Gasteiger partial charge in [-0.2, -0.15) is 0 Å². The SMILES string of the molecule is CCCCCc1[c]ccnc1. The highest BCUT2D eigenvalue weighted by atomic mass is 14.6. The molecule has 0 atom stereocenters. The molecule has 1 nitrogen and oxygen atoms in total. The minimum atomic E-state index is 1.13. The maximum atomic E-state index is 4.03. The predicted octanol–water partition coefficient (Wildman–Crippen LogP) is 2.61. The van der Waals surface area contributed by atoms with Crippen LogP contribution in [0.5, 0.6) is 0 Å². The lowest BCUT2D eigenvalue weighted by atomic mass is 10.1. The lowest BCUT2D eigenvalue weighted by molar-refractivity contribution is 0.715. The highest BCUT2D eigenvalue weighted by molar-refractivity contribution is 5.06. The van der Waals surface area contributed by atoms with Crippen molar-refractivity contribution in [1.29, 1.82) is 0 Å². The van der Waals surface area contributed by atoms with Crippen LogP contribution in [0.15, 0.2) is 18.5 Å². The number of hydrogen-bond acceptors (Lipinski definition) is 1. The predicted molar refractivity (Wildman–Crippen MR) is 46.3 cm³/mol. The molecule has 0 N–H and O–H groups in total. The van der Waals surface area contributed by atoms with Crippen LogP contribution in [0, 0.1) is 6.07 Å². The number of unbranched alkanes of at least 4 members (excludes halogenated alkanes) is 2. The van der Waals surface area contributed by atoms with Gasteiger partial charge in [-0.15, -0.1) is 0 Å². The van der Waals surface area contributed by atoms with Crippen molar-refractivity contribution < 1.29 is 0 Å². The smallest absolute Gasteiger partial charge is 0.0306 e. The lowest BCUT2D eigenvalue weighted by Crippen LogP contribution is -1.85. The van der Waals surface area contributed by atoms with Crippen LogP contribution in [0.4, 0.5) is 0 Å². The Labute approximate surface area is 68.5 Å². The highest BCUT2D eigenvalue weighted by Crippen LogP contribution is 2.03. The number of nitrogens with zero attached hydrogens (tertiary/aromatic N) is 1. The molecule has 1 rings (SSSR count). The number of hydrogen-bond donors (Lipinski definition) is 0. The molecule has 11 heavy (non-hydrogen) atoms. The van der Waals surface area contributed by atoms with Crippen molar-refractivity contribution in [3.63, 3.8) is 0 Å².